The summed E-state index contributed by atoms with van der Waals surface area (Å²) in [4.78, 5) is 0.139. The molecule has 0 spiro atoms. The summed E-state index contributed by atoms with van der Waals surface area (Å²) in [5.41, 5.74) is 5.81. The topological polar surface area (TPSA) is 63.4 Å². The molecule has 1 heterocycles. The maximum atomic E-state index is 12.7. The van der Waals surface area contributed by atoms with Crippen LogP contribution in [0.1, 0.15) is 20.3 Å². The van der Waals surface area contributed by atoms with Crippen LogP contribution < -0.4 is 5.73 Å². The molecule has 1 aromatic rings. The zero-order valence-electron chi connectivity index (χ0n) is 11.8. The Labute approximate surface area is 145 Å². The molecule has 1 aliphatic heterocycles. The minimum atomic E-state index is -3.59. The van der Waals surface area contributed by atoms with Gasteiger partial charge in [0.05, 0.1) is 5.02 Å². The van der Waals surface area contributed by atoms with Crippen molar-refractivity contribution < 1.29 is 8.42 Å². The summed E-state index contributed by atoms with van der Waals surface area (Å²) in [5, 5.41) is 0.237. The van der Waals surface area contributed by atoms with Gasteiger partial charge in [0.1, 0.15) is 4.90 Å². The van der Waals surface area contributed by atoms with Crippen LogP contribution in [-0.2, 0) is 10.0 Å². The zero-order chi connectivity index (χ0) is 15.1. The van der Waals surface area contributed by atoms with Crippen molar-refractivity contribution in [2.75, 3.05) is 13.1 Å². The van der Waals surface area contributed by atoms with Gasteiger partial charge in [-0.25, -0.2) is 8.42 Å². The average Bonchev–Trinajstić information content (AvgIpc) is 2.35. The van der Waals surface area contributed by atoms with E-state index in [2.05, 4.69) is 15.9 Å². The van der Waals surface area contributed by atoms with E-state index in [1.165, 1.54) is 4.31 Å². The van der Waals surface area contributed by atoms with Crippen molar-refractivity contribution in [3.8, 4) is 0 Å². The van der Waals surface area contributed by atoms with E-state index < -0.39 is 10.0 Å². The largest absolute Gasteiger partial charge is 0.327 e. The second-order valence-electron chi connectivity index (χ2n) is 5.80. The lowest BCUT2D eigenvalue weighted by atomic mass is 9.81. The molecule has 0 radical (unpaired) electrons. The first kappa shape index (κ1) is 19.2. The van der Waals surface area contributed by atoms with Crippen molar-refractivity contribution >= 4 is 50.0 Å². The molecule has 1 fully saturated rings. The summed E-state index contributed by atoms with van der Waals surface area (Å²) in [7, 11) is -3.59. The first-order valence-electron chi connectivity index (χ1n) is 6.35. The van der Waals surface area contributed by atoms with Crippen molar-refractivity contribution in [2.24, 2.45) is 11.1 Å². The summed E-state index contributed by atoms with van der Waals surface area (Å²) in [5.74, 6) is 0. The van der Waals surface area contributed by atoms with Gasteiger partial charge in [-0.15, -0.1) is 12.4 Å². The van der Waals surface area contributed by atoms with Gasteiger partial charge >= 0.3 is 0 Å². The Bertz CT molecular complexity index is 623. The number of nitrogens with zero attached hydrogens (tertiary/aromatic N) is 1. The molecule has 1 unspecified atom stereocenters. The van der Waals surface area contributed by atoms with E-state index in [9.17, 15) is 8.42 Å². The third-order valence-electron chi connectivity index (χ3n) is 3.79. The van der Waals surface area contributed by atoms with E-state index in [0.29, 0.717) is 24.0 Å². The van der Waals surface area contributed by atoms with Gasteiger partial charge in [0.15, 0.2) is 0 Å². The third kappa shape index (κ3) is 3.92. The van der Waals surface area contributed by atoms with Gasteiger partial charge in [-0.2, -0.15) is 4.31 Å². The molecular formula is C13H19BrCl2N2O2S. The van der Waals surface area contributed by atoms with Crippen LogP contribution in [-0.4, -0.2) is 31.9 Å². The predicted molar refractivity (Wildman–Crippen MR) is 91.5 cm³/mol. The fraction of sp³-hybridized carbons (Fsp3) is 0.538. The molecule has 0 saturated carbocycles. The predicted octanol–water partition coefficient (Wildman–Crippen LogP) is 3.27. The van der Waals surface area contributed by atoms with Crippen LogP contribution in [0.3, 0.4) is 0 Å². The Balaban J connectivity index is 0.00000220. The minimum Gasteiger partial charge on any atom is -0.327 e. The maximum absolute atomic E-state index is 12.7. The monoisotopic (exact) mass is 416 g/mol. The lowest BCUT2D eigenvalue weighted by molar-refractivity contribution is 0.155. The highest BCUT2D eigenvalue weighted by Gasteiger charge is 2.39. The van der Waals surface area contributed by atoms with Gasteiger partial charge in [-0.3, -0.25) is 0 Å². The second kappa shape index (κ2) is 6.72. The van der Waals surface area contributed by atoms with Crippen LogP contribution in [0.15, 0.2) is 27.6 Å². The van der Waals surface area contributed by atoms with E-state index in [4.69, 9.17) is 17.3 Å². The van der Waals surface area contributed by atoms with Gasteiger partial charge in [0, 0.05) is 23.6 Å². The molecule has 1 aromatic carbocycles. The number of nitrogens with two attached hydrogens (primary N) is 1. The molecular weight excluding hydrogens is 399 g/mol. The van der Waals surface area contributed by atoms with Crippen molar-refractivity contribution in [3.05, 3.63) is 27.7 Å². The third-order valence-corrected chi connectivity index (χ3v) is 6.61. The van der Waals surface area contributed by atoms with Gasteiger partial charge < -0.3 is 5.73 Å². The van der Waals surface area contributed by atoms with Gasteiger partial charge in [-0.1, -0.05) is 41.4 Å². The number of rotatable bonds is 2. The average molecular weight is 418 g/mol. The number of hydrogen-bond donors (Lipinski definition) is 1. The number of sulfonamides is 1. The van der Waals surface area contributed by atoms with Crippen LogP contribution in [0.4, 0.5) is 0 Å². The van der Waals surface area contributed by atoms with Crippen LogP contribution in [0.25, 0.3) is 0 Å². The first-order chi connectivity index (χ1) is 9.14. The lowest BCUT2D eigenvalue weighted by Gasteiger charge is -2.41. The van der Waals surface area contributed by atoms with Gasteiger partial charge in [-0.05, 0) is 30.0 Å². The summed E-state index contributed by atoms with van der Waals surface area (Å²) in [6, 6.07) is 4.85. The minimum absolute atomic E-state index is 0. The molecule has 0 amide bonds. The van der Waals surface area contributed by atoms with E-state index in [1.54, 1.807) is 18.2 Å². The zero-order valence-corrected chi connectivity index (χ0v) is 15.8. The number of piperidine rings is 1. The Hall–Kier alpha value is 0.150. The highest BCUT2D eigenvalue weighted by molar-refractivity contribution is 9.10. The Morgan fingerprint density at radius 1 is 1.43 bits per heavy atom. The molecule has 8 heteroatoms. The maximum Gasteiger partial charge on any atom is 0.244 e. The van der Waals surface area contributed by atoms with Crippen LogP contribution in [0.2, 0.25) is 5.02 Å². The first-order valence-corrected chi connectivity index (χ1v) is 8.96. The molecule has 0 aliphatic carbocycles. The van der Waals surface area contributed by atoms with Crippen molar-refractivity contribution in [1.29, 1.82) is 0 Å². The molecule has 2 N–H and O–H groups in total. The quantitative estimate of drug-likeness (QED) is 0.802. The molecule has 120 valence electrons. The Kier molecular flexibility index (Phi) is 6.15. The Morgan fingerprint density at radius 2 is 2.05 bits per heavy atom. The molecule has 0 bridgehead atoms. The summed E-state index contributed by atoms with van der Waals surface area (Å²) in [6.07, 6.45) is 0.651. The molecule has 0 aromatic heterocycles. The second-order valence-corrected chi connectivity index (χ2v) is 9.03. The Morgan fingerprint density at radius 3 is 2.62 bits per heavy atom. The highest BCUT2D eigenvalue weighted by atomic mass is 79.9. The SMILES string of the molecule is CC1(C)CN(S(=O)(=O)c2cc(Br)ccc2Cl)CCC1N.Cl. The van der Waals surface area contributed by atoms with Crippen LogP contribution >= 0.6 is 39.9 Å². The summed E-state index contributed by atoms with van der Waals surface area (Å²) in [6.45, 7) is 4.80. The standard InChI is InChI=1S/C13H18BrClN2O2S.ClH/c1-13(2)8-17(6-5-12(13)16)20(18,19)11-7-9(14)3-4-10(11)15;/h3-4,7,12H,5-6,8,16H2,1-2H3;1H. The van der Waals surface area contributed by atoms with E-state index in [0.717, 1.165) is 0 Å². The number of hydrogen-bond acceptors (Lipinski definition) is 3. The molecule has 21 heavy (non-hydrogen) atoms. The number of benzene rings is 1. The molecule has 2 rings (SSSR count). The fourth-order valence-electron chi connectivity index (χ4n) is 2.34. The normalized spacial score (nSPS) is 22.6. The molecule has 1 saturated heterocycles. The molecule has 1 atom stereocenters. The fourth-order valence-corrected chi connectivity index (χ4v) is 4.98. The summed E-state index contributed by atoms with van der Waals surface area (Å²) >= 11 is 9.33. The van der Waals surface area contributed by atoms with E-state index >= 15 is 0 Å². The van der Waals surface area contributed by atoms with Crippen molar-refractivity contribution in [1.82, 2.24) is 4.31 Å². The smallest absolute Gasteiger partial charge is 0.244 e. The molecule has 4 nitrogen and oxygen atoms in total. The van der Waals surface area contributed by atoms with Crippen molar-refractivity contribution in [3.63, 3.8) is 0 Å². The van der Waals surface area contributed by atoms with E-state index in [-0.39, 0.29) is 33.8 Å². The van der Waals surface area contributed by atoms with Crippen LogP contribution in [0, 0.1) is 5.41 Å². The van der Waals surface area contributed by atoms with Gasteiger partial charge in [0.25, 0.3) is 0 Å². The number of halogens is 3. The van der Waals surface area contributed by atoms with E-state index in [1.807, 2.05) is 13.8 Å². The van der Waals surface area contributed by atoms with Crippen LogP contribution in [0.5, 0.6) is 0 Å². The van der Waals surface area contributed by atoms with Crippen molar-refractivity contribution in [2.45, 2.75) is 31.2 Å². The lowest BCUT2D eigenvalue weighted by Crippen LogP contribution is -2.53. The van der Waals surface area contributed by atoms with Gasteiger partial charge in [0.2, 0.25) is 10.0 Å². The highest BCUT2D eigenvalue weighted by Crippen LogP contribution is 2.34. The molecule has 1 aliphatic rings. The summed E-state index contributed by atoms with van der Waals surface area (Å²) < 4.78 is 27.6.